The highest BCUT2D eigenvalue weighted by molar-refractivity contribution is 6.30. The Hall–Kier alpha value is -1.06. The normalized spacial score (nSPS) is 12.2. The van der Waals surface area contributed by atoms with E-state index in [2.05, 4.69) is 10.6 Å². The highest BCUT2D eigenvalue weighted by atomic mass is 35.5. The Labute approximate surface area is 94.8 Å². The van der Waals surface area contributed by atoms with Gasteiger partial charge in [0.05, 0.1) is 6.04 Å². The summed E-state index contributed by atoms with van der Waals surface area (Å²) in [5.74, 6) is -0.00699. The smallest absolute Gasteiger partial charge is 0.237 e. The van der Waals surface area contributed by atoms with Crippen LogP contribution < -0.4 is 10.6 Å². The van der Waals surface area contributed by atoms with Crippen molar-refractivity contribution >= 4 is 17.5 Å². The lowest BCUT2D eigenvalue weighted by Crippen LogP contribution is -2.39. The van der Waals surface area contributed by atoms with Crippen LogP contribution in [0.25, 0.3) is 0 Å². The van der Waals surface area contributed by atoms with Gasteiger partial charge in [0.2, 0.25) is 5.91 Å². The fourth-order valence-corrected chi connectivity index (χ4v) is 1.20. The molecule has 1 amide bonds. The minimum Gasteiger partial charge on any atom is -0.351 e. The Morgan fingerprint density at radius 2 is 2.00 bits per heavy atom. The van der Waals surface area contributed by atoms with Crippen LogP contribution in [-0.2, 0) is 11.3 Å². The molecule has 0 radical (unpaired) electrons. The van der Waals surface area contributed by atoms with E-state index in [0.717, 1.165) is 5.56 Å². The lowest BCUT2D eigenvalue weighted by Gasteiger charge is -2.10. The standard InChI is InChI=1S/C11H15ClN2O/c1-8(13-2)11(15)14-7-9-3-5-10(12)6-4-9/h3-6,8,13H,7H2,1-2H3,(H,14,15). The lowest BCUT2D eigenvalue weighted by molar-refractivity contribution is -0.122. The molecule has 0 heterocycles. The molecule has 0 spiro atoms. The van der Waals surface area contributed by atoms with E-state index in [1.165, 1.54) is 0 Å². The number of hydrogen-bond acceptors (Lipinski definition) is 2. The van der Waals surface area contributed by atoms with Gasteiger partial charge in [-0.3, -0.25) is 4.79 Å². The Morgan fingerprint density at radius 3 is 2.53 bits per heavy atom. The molecular weight excluding hydrogens is 212 g/mol. The summed E-state index contributed by atoms with van der Waals surface area (Å²) in [6.45, 7) is 2.35. The minimum absolute atomic E-state index is 0.00699. The van der Waals surface area contributed by atoms with Gasteiger partial charge in [-0.25, -0.2) is 0 Å². The molecule has 0 aliphatic carbocycles. The van der Waals surface area contributed by atoms with Crippen molar-refractivity contribution < 1.29 is 4.79 Å². The molecule has 0 aliphatic rings. The number of amides is 1. The average molecular weight is 227 g/mol. The van der Waals surface area contributed by atoms with Crippen molar-refractivity contribution in [3.8, 4) is 0 Å². The Bertz CT molecular complexity index is 324. The number of halogens is 1. The number of carbonyl (C=O) groups is 1. The predicted octanol–water partition coefficient (Wildman–Crippen LogP) is 1.56. The first-order valence-electron chi connectivity index (χ1n) is 4.83. The molecule has 0 saturated carbocycles. The third kappa shape index (κ3) is 3.90. The second kappa shape index (κ2) is 5.73. The molecule has 2 N–H and O–H groups in total. The van der Waals surface area contributed by atoms with Gasteiger partial charge in [-0.1, -0.05) is 23.7 Å². The van der Waals surface area contributed by atoms with E-state index in [-0.39, 0.29) is 11.9 Å². The molecule has 1 aromatic rings. The highest BCUT2D eigenvalue weighted by Gasteiger charge is 2.08. The summed E-state index contributed by atoms with van der Waals surface area (Å²) in [4.78, 5) is 11.4. The minimum atomic E-state index is -0.169. The molecule has 1 aromatic carbocycles. The quantitative estimate of drug-likeness (QED) is 0.818. The number of rotatable bonds is 4. The Balaban J connectivity index is 2.43. The number of hydrogen-bond donors (Lipinski definition) is 2. The molecule has 0 bridgehead atoms. The third-order valence-electron chi connectivity index (χ3n) is 2.21. The maximum absolute atomic E-state index is 11.4. The molecule has 1 unspecified atom stereocenters. The van der Waals surface area contributed by atoms with E-state index >= 15 is 0 Å². The number of carbonyl (C=O) groups excluding carboxylic acids is 1. The first-order chi connectivity index (χ1) is 7.13. The van der Waals surface area contributed by atoms with Gasteiger partial charge in [-0.15, -0.1) is 0 Å². The first-order valence-corrected chi connectivity index (χ1v) is 5.20. The summed E-state index contributed by atoms with van der Waals surface area (Å²) in [5.41, 5.74) is 1.04. The number of likely N-dealkylation sites (N-methyl/N-ethyl adjacent to an activating group) is 1. The summed E-state index contributed by atoms with van der Waals surface area (Å²) in [6, 6.07) is 7.24. The van der Waals surface area contributed by atoms with E-state index in [0.29, 0.717) is 11.6 Å². The largest absolute Gasteiger partial charge is 0.351 e. The van der Waals surface area contributed by atoms with Crippen molar-refractivity contribution in [1.29, 1.82) is 0 Å². The molecule has 0 fully saturated rings. The van der Waals surface area contributed by atoms with Crippen LogP contribution in [0.3, 0.4) is 0 Å². The highest BCUT2D eigenvalue weighted by Crippen LogP contribution is 2.08. The molecule has 4 heteroatoms. The second-order valence-corrected chi connectivity index (χ2v) is 3.79. The summed E-state index contributed by atoms with van der Waals surface area (Å²) in [6.07, 6.45) is 0. The predicted molar refractivity (Wildman–Crippen MR) is 61.8 cm³/mol. The van der Waals surface area contributed by atoms with E-state index < -0.39 is 0 Å². The summed E-state index contributed by atoms with van der Waals surface area (Å²) in [5, 5.41) is 6.40. The van der Waals surface area contributed by atoms with Crippen LogP contribution in [0.15, 0.2) is 24.3 Å². The molecule has 1 atom stereocenters. The molecule has 15 heavy (non-hydrogen) atoms. The fraction of sp³-hybridized carbons (Fsp3) is 0.364. The van der Waals surface area contributed by atoms with Crippen LogP contribution in [0.5, 0.6) is 0 Å². The average Bonchev–Trinajstić information content (AvgIpc) is 2.26. The summed E-state index contributed by atoms with van der Waals surface area (Å²) >= 11 is 5.75. The summed E-state index contributed by atoms with van der Waals surface area (Å²) < 4.78 is 0. The van der Waals surface area contributed by atoms with Gasteiger partial charge in [0.25, 0.3) is 0 Å². The van der Waals surface area contributed by atoms with Crippen molar-refractivity contribution in [2.24, 2.45) is 0 Å². The van der Waals surface area contributed by atoms with E-state index in [1.807, 2.05) is 31.2 Å². The Kier molecular flexibility index (Phi) is 4.59. The zero-order valence-electron chi connectivity index (χ0n) is 8.88. The van der Waals surface area contributed by atoms with Crippen molar-refractivity contribution in [3.05, 3.63) is 34.9 Å². The van der Waals surface area contributed by atoms with E-state index in [9.17, 15) is 4.79 Å². The van der Waals surface area contributed by atoms with Gasteiger partial charge in [-0.05, 0) is 31.7 Å². The van der Waals surface area contributed by atoms with Crippen LogP contribution in [0.4, 0.5) is 0 Å². The molecule has 0 aliphatic heterocycles. The second-order valence-electron chi connectivity index (χ2n) is 3.35. The molecule has 0 saturated heterocycles. The van der Waals surface area contributed by atoms with Crippen LogP contribution >= 0.6 is 11.6 Å². The van der Waals surface area contributed by atoms with E-state index in [1.54, 1.807) is 7.05 Å². The number of benzene rings is 1. The van der Waals surface area contributed by atoms with Gasteiger partial charge in [-0.2, -0.15) is 0 Å². The van der Waals surface area contributed by atoms with Crippen LogP contribution in [-0.4, -0.2) is 19.0 Å². The van der Waals surface area contributed by atoms with Gasteiger partial charge in [0.15, 0.2) is 0 Å². The maximum atomic E-state index is 11.4. The number of nitrogens with one attached hydrogen (secondary N) is 2. The van der Waals surface area contributed by atoms with Crippen LogP contribution in [0, 0.1) is 0 Å². The van der Waals surface area contributed by atoms with Crippen LogP contribution in [0.1, 0.15) is 12.5 Å². The van der Waals surface area contributed by atoms with Crippen molar-refractivity contribution in [2.75, 3.05) is 7.05 Å². The van der Waals surface area contributed by atoms with Gasteiger partial charge in [0.1, 0.15) is 0 Å². The van der Waals surface area contributed by atoms with Crippen molar-refractivity contribution in [1.82, 2.24) is 10.6 Å². The van der Waals surface area contributed by atoms with Crippen LogP contribution in [0.2, 0.25) is 5.02 Å². The summed E-state index contributed by atoms with van der Waals surface area (Å²) in [7, 11) is 1.76. The van der Waals surface area contributed by atoms with Crippen molar-refractivity contribution in [2.45, 2.75) is 19.5 Å². The molecule has 1 rings (SSSR count). The van der Waals surface area contributed by atoms with E-state index in [4.69, 9.17) is 11.6 Å². The zero-order chi connectivity index (χ0) is 11.3. The molecular formula is C11H15ClN2O. The van der Waals surface area contributed by atoms with Gasteiger partial charge in [0, 0.05) is 11.6 Å². The SMILES string of the molecule is CNC(C)C(=O)NCc1ccc(Cl)cc1. The molecule has 3 nitrogen and oxygen atoms in total. The lowest BCUT2D eigenvalue weighted by atomic mass is 10.2. The first kappa shape index (κ1) is 12.0. The third-order valence-corrected chi connectivity index (χ3v) is 2.46. The van der Waals surface area contributed by atoms with Gasteiger partial charge >= 0.3 is 0 Å². The fourth-order valence-electron chi connectivity index (χ4n) is 1.08. The molecule has 82 valence electrons. The maximum Gasteiger partial charge on any atom is 0.237 e. The zero-order valence-corrected chi connectivity index (χ0v) is 9.64. The monoisotopic (exact) mass is 226 g/mol. The Morgan fingerprint density at radius 1 is 1.40 bits per heavy atom. The molecule has 0 aromatic heterocycles. The van der Waals surface area contributed by atoms with Crippen molar-refractivity contribution in [3.63, 3.8) is 0 Å². The topological polar surface area (TPSA) is 41.1 Å². The van der Waals surface area contributed by atoms with Gasteiger partial charge < -0.3 is 10.6 Å².